The third-order valence-corrected chi connectivity index (χ3v) is 3.13. The quantitative estimate of drug-likeness (QED) is 0.674. The Kier molecular flexibility index (Phi) is 1.56. The molecular formula is C12H15NO. The Morgan fingerprint density at radius 1 is 1.36 bits per heavy atom. The van der Waals surface area contributed by atoms with E-state index in [9.17, 15) is 0 Å². The highest BCUT2D eigenvalue weighted by Gasteiger charge is 2.44. The molecule has 1 aromatic rings. The largest absolute Gasteiger partial charge is 0.356 e. The lowest BCUT2D eigenvalue weighted by Gasteiger charge is -2.19. The van der Waals surface area contributed by atoms with Crippen molar-refractivity contribution in [3.05, 3.63) is 35.4 Å². The summed E-state index contributed by atoms with van der Waals surface area (Å²) in [4.78, 5) is 0. The first-order chi connectivity index (χ1) is 6.66. The highest BCUT2D eigenvalue weighted by Crippen LogP contribution is 2.40. The first-order valence-electron chi connectivity index (χ1n) is 5.19. The molecule has 74 valence electrons. The van der Waals surface area contributed by atoms with Crippen LogP contribution in [0.2, 0.25) is 0 Å². The average molecular weight is 189 g/mol. The zero-order valence-electron chi connectivity index (χ0n) is 8.58. The fourth-order valence-corrected chi connectivity index (χ4v) is 2.63. The van der Waals surface area contributed by atoms with Crippen LogP contribution in [0.25, 0.3) is 0 Å². The van der Waals surface area contributed by atoms with E-state index >= 15 is 0 Å². The molecule has 0 unspecified atom stereocenters. The molecule has 0 amide bonds. The van der Waals surface area contributed by atoms with Crippen LogP contribution in [0.15, 0.2) is 24.3 Å². The molecule has 0 saturated carbocycles. The summed E-state index contributed by atoms with van der Waals surface area (Å²) in [5.74, 6) is 0. The van der Waals surface area contributed by atoms with Crippen LogP contribution in [0.5, 0.6) is 0 Å². The first-order valence-corrected chi connectivity index (χ1v) is 5.19. The summed E-state index contributed by atoms with van der Waals surface area (Å²) in [6.07, 6.45) is 1.39. The average Bonchev–Trinajstić information content (AvgIpc) is 2.56. The van der Waals surface area contributed by atoms with Gasteiger partial charge in [-0.05, 0) is 25.0 Å². The zero-order valence-corrected chi connectivity index (χ0v) is 8.58. The smallest absolute Gasteiger partial charge is 0.114 e. The molecule has 14 heavy (non-hydrogen) atoms. The van der Waals surface area contributed by atoms with Crippen molar-refractivity contribution in [2.45, 2.75) is 38.1 Å². The van der Waals surface area contributed by atoms with Gasteiger partial charge in [-0.15, -0.1) is 0 Å². The molecule has 1 saturated heterocycles. The number of hydrogen-bond donors (Lipinski definition) is 1. The second-order valence-electron chi connectivity index (χ2n) is 4.69. The molecule has 1 aliphatic heterocycles. The van der Waals surface area contributed by atoms with Crippen molar-refractivity contribution in [2.24, 2.45) is 0 Å². The fraction of sp³-hybridized carbons (Fsp3) is 0.500. The topological polar surface area (TPSA) is 21.3 Å². The predicted molar refractivity (Wildman–Crippen MR) is 55.0 cm³/mol. The van der Waals surface area contributed by atoms with Crippen LogP contribution in [0.3, 0.4) is 0 Å². The van der Waals surface area contributed by atoms with Gasteiger partial charge in [-0.3, -0.25) is 5.32 Å². The molecule has 0 radical (unpaired) electrons. The molecule has 2 nitrogen and oxygen atoms in total. The Labute approximate surface area is 84.3 Å². The fourth-order valence-electron chi connectivity index (χ4n) is 2.63. The minimum atomic E-state index is -0.164. The van der Waals surface area contributed by atoms with Crippen molar-refractivity contribution in [2.75, 3.05) is 0 Å². The molecule has 3 rings (SSSR count). The highest BCUT2D eigenvalue weighted by atomic mass is 16.5. The Morgan fingerprint density at radius 3 is 3.00 bits per heavy atom. The molecule has 0 spiro atoms. The number of rotatable bonds is 0. The van der Waals surface area contributed by atoms with Gasteiger partial charge in [-0.1, -0.05) is 24.3 Å². The lowest BCUT2D eigenvalue weighted by atomic mass is 10.1. The summed E-state index contributed by atoms with van der Waals surface area (Å²) >= 11 is 0. The SMILES string of the molecule is CC1(C)N[C@H]2c3ccccc3C[C@H]2O1. The standard InChI is InChI=1S/C12H15NO/c1-12(2)13-11-9-6-4-3-5-8(9)7-10(11)14-12/h3-6,10-11,13H,7H2,1-2H3/t10-,11+/m1/s1. The van der Waals surface area contributed by atoms with Crippen LogP contribution in [0.1, 0.15) is 31.0 Å². The van der Waals surface area contributed by atoms with E-state index in [-0.39, 0.29) is 5.72 Å². The molecule has 0 aromatic heterocycles. The maximum atomic E-state index is 5.94. The third kappa shape index (κ3) is 1.11. The van der Waals surface area contributed by atoms with Crippen molar-refractivity contribution in [3.8, 4) is 0 Å². The van der Waals surface area contributed by atoms with E-state index in [1.54, 1.807) is 0 Å². The molecular weight excluding hydrogens is 174 g/mol. The van der Waals surface area contributed by atoms with Crippen molar-refractivity contribution in [1.29, 1.82) is 0 Å². The minimum absolute atomic E-state index is 0.164. The van der Waals surface area contributed by atoms with Crippen LogP contribution in [-0.4, -0.2) is 11.8 Å². The number of benzene rings is 1. The molecule has 1 aromatic carbocycles. The lowest BCUT2D eigenvalue weighted by Crippen LogP contribution is -2.35. The van der Waals surface area contributed by atoms with Crippen LogP contribution in [-0.2, 0) is 11.2 Å². The normalized spacial score (nSPS) is 32.7. The lowest BCUT2D eigenvalue weighted by molar-refractivity contribution is -0.0226. The Bertz CT molecular complexity index is 372. The molecule has 2 atom stereocenters. The summed E-state index contributed by atoms with van der Waals surface area (Å²) in [7, 11) is 0. The van der Waals surface area contributed by atoms with Gasteiger partial charge >= 0.3 is 0 Å². The summed E-state index contributed by atoms with van der Waals surface area (Å²) in [5.41, 5.74) is 2.69. The van der Waals surface area contributed by atoms with Crippen molar-refractivity contribution >= 4 is 0 Å². The van der Waals surface area contributed by atoms with Gasteiger partial charge in [-0.2, -0.15) is 0 Å². The van der Waals surface area contributed by atoms with Crippen LogP contribution >= 0.6 is 0 Å². The number of hydrogen-bond acceptors (Lipinski definition) is 2. The van der Waals surface area contributed by atoms with Crippen molar-refractivity contribution in [3.63, 3.8) is 0 Å². The maximum Gasteiger partial charge on any atom is 0.114 e. The van der Waals surface area contributed by atoms with Gasteiger partial charge in [0, 0.05) is 6.42 Å². The third-order valence-electron chi connectivity index (χ3n) is 3.13. The summed E-state index contributed by atoms with van der Waals surface area (Å²) in [6.45, 7) is 4.18. The van der Waals surface area contributed by atoms with E-state index in [0.29, 0.717) is 12.1 Å². The van der Waals surface area contributed by atoms with E-state index in [4.69, 9.17) is 4.74 Å². The van der Waals surface area contributed by atoms with Gasteiger partial charge in [0.25, 0.3) is 0 Å². The van der Waals surface area contributed by atoms with Crippen LogP contribution in [0, 0.1) is 0 Å². The Hall–Kier alpha value is -0.860. The molecule has 0 bridgehead atoms. The minimum Gasteiger partial charge on any atom is -0.356 e. The van der Waals surface area contributed by atoms with Gasteiger partial charge in [0.2, 0.25) is 0 Å². The Morgan fingerprint density at radius 2 is 2.14 bits per heavy atom. The highest BCUT2D eigenvalue weighted by molar-refractivity contribution is 5.37. The van der Waals surface area contributed by atoms with E-state index in [2.05, 4.69) is 43.4 Å². The van der Waals surface area contributed by atoms with Crippen molar-refractivity contribution < 1.29 is 4.74 Å². The van der Waals surface area contributed by atoms with E-state index in [1.165, 1.54) is 11.1 Å². The van der Waals surface area contributed by atoms with Gasteiger partial charge in [-0.25, -0.2) is 0 Å². The Balaban J connectivity index is 2.00. The molecule has 1 N–H and O–H groups in total. The molecule has 1 fully saturated rings. The number of fused-ring (bicyclic) bond motifs is 3. The van der Waals surface area contributed by atoms with E-state index < -0.39 is 0 Å². The van der Waals surface area contributed by atoms with E-state index in [0.717, 1.165) is 6.42 Å². The maximum absolute atomic E-state index is 5.94. The first kappa shape index (κ1) is 8.45. The molecule has 1 heterocycles. The second kappa shape index (κ2) is 2.59. The summed E-state index contributed by atoms with van der Waals surface area (Å²) in [6, 6.07) is 9.02. The molecule has 2 aliphatic rings. The van der Waals surface area contributed by atoms with Gasteiger partial charge < -0.3 is 4.74 Å². The van der Waals surface area contributed by atoms with Crippen LogP contribution < -0.4 is 5.32 Å². The monoisotopic (exact) mass is 189 g/mol. The molecule has 2 heteroatoms. The zero-order chi connectivity index (χ0) is 9.76. The number of ether oxygens (including phenoxy) is 1. The van der Waals surface area contributed by atoms with Crippen molar-refractivity contribution in [1.82, 2.24) is 5.32 Å². The van der Waals surface area contributed by atoms with Crippen LogP contribution in [0.4, 0.5) is 0 Å². The van der Waals surface area contributed by atoms with Gasteiger partial charge in [0.1, 0.15) is 5.72 Å². The van der Waals surface area contributed by atoms with Gasteiger partial charge in [0.15, 0.2) is 0 Å². The number of nitrogens with one attached hydrogen (secondary N) is 1. The summed E-state index contributed by atoms with van der Waals surface area (Å²) in [5, 5.41) is 3.53. The summed E-state index contributed by atoms with van der Waals surface area (Å²) < 4.78 is 5.94. The molecule has 1 aliphatic carbocycles. The predicted octanol–water partition coefficient (Wildman–Crippen LogP) is 2.01. The van der Waals surface area contributed by atoms with E-state index in [1.807, 2.05) is 0 Å². The second-order valence-corrected chi connectivity index (χ2v) is 4.69. The van der Waals surface area contributed by atoms with Gasteiger partial charge in [0.05, 0.1) is 12.1 Å².